The van der Waals surface area contributed by atoms with Gasteiger partial charge in [-0.1, -0.05) is 36.4 Å². The van der Waals surface area contributed by atoms with Gasteiger partial charge in [0.1, 0.15) is 4.21 Å². The molecule has 0 spiro atoms. The summed E-state index contributed by atoms with van der Waals surface area (Å²) in [4.78, 5) is 23.9. The number of thiophene rings is 1. The van der Waals surface area contributed by atoms with E-state index in [9.17, 15) is 18.0 Å². The Morgan fingerprint density at radius 1 is 1.17 bits per heavy atom. The standard InChI is InChI=1S/C15H16N2O5S2/c1-22-15(19)14(11-6-3-2-4-7-11)17-12(18)10-16-24(20,21)13-8-5-9-23-13/h2-9,14,16H,10H2,1H3,(H,17,18)/t14-/m0/s1. The molecule has 0 unspecified atom stereocenters. The Bertz CT molecular complexity index is 789. The zero-order valence-electron chi connectivity index (χ0n) is 12.8. The number of ether oxygens (including phenoxy) is 1. The maximum atomic E-state index is 12.0. The quantitative estimate of drug-likeness (QED) is 0.712. The lowest BCUT2D eigenvalue weighted by atomic mass is 10.1. The lowest BCUT2D eigenvalue weighted by Crippen LogP contribution is -2.41. The van der Waals surface area contributed by atoms with Gasteiger partial charge in [0.25, 0.3) is 10.0 Å². The predicted molar refractivity (Wildman–Crippen MR) is 88.8 cm³/mol. The van der Waals surface area contributed by atoms with E-state index in [1.54, 1.807) is 41.8 Å². The number of nitrogens with one attached hydrogen (secondary N) is 2. The fraction of sp³-hybridized carbons (Fsp3) is 0.200. The molecule has 0 saturated heterocycles. The van der Waals surface area contributed by atoms with Gasteiger partial charge in [-0.2, -0.15) is 0 Å². The number of carbonyl (C=O) groups is 2. The van der Waals surface area contributed by atoms with Crippen LogP contribution in [0.15, 0.2) is 52.1 Å². The fourth-order valence-corrected chi connectivity index (χ4v) is 3.92. The molecule has 9 heteroatoms. The number of rotatable bonds is 7. The number of carbonyl (C=O) groups excluding carboxylic acids is 2. The number of methoxy groups -OCH3 is 1. The van der Waals surface area contributed by atoms with E-state index >= 15 is 0 Å². The Morgan fingerprint density at radius 2 is 1.88 bits per heavy atom. The Hall–Kier alpha value is -2.23. The maximum Gasteiger partial charge on any atom is 0.333 e. The molecule has 7 nitrogen and oxygen atoms in total. The first-order valence-electron chi connectivity index (χ1n) is 6.89. The van der Waals surface area contributed by atoms with Gasteiger partial charge in [-0.25, -0.2) is 17.9 Å². The highest BCUT2D eigenvalue weighted by Crippen LogP contribution is 2.16. The largest absolute Gasteiger partial charge is 0.467 e. The summed E-state index contributed by atoms with van der Waals surface area (Å²) in [6, 6.07) is 10.6. The topological polar surface area (TPSA) is 102 Å². The summed E-state index contributed by atoms with van der Waals surface area (Å²) in [5.41, 5.74) is 0.541. The highest BCUT2D eigenvalue weighted by atomic mass is 32.2. The van der Waals surface area contributed by atoms with Crippen molar-refractivity contribution in [3.05, 3.63) is 53.4 Å². The lowest BCUT2D eigenvalue weighted by molar-refractivity contribution is -0.145. The second kappa shape index (κ2) is 8.04. The molecule has 0 aliphatic heterocycles. The number of amides is 1. The van der Waals surface area contributed by atoms with E-state index in [-0.39, 0.29) is 4.21 Å². The SMILES string of the molecule is COC(=O)[C@@H](NC(=O)CNS(=O)(=O)c1cccs1)c1ccccc1. The van der Waals surface area contributed by atoms with Gasteiger partial charge in [0.15, 0.2) is 6.04 Å². The predicted octanol–water partition coefficient (Wildman–Crippen LogP) is 1.06. The second-order valence-corrected chi connectivity index (χ2v) is 7.63. The first-order valence-corrected chi connectivity index (χ1v) is 9.25. The van der Waals surface area contributed by atoms with E-state index in [2.05, 4.69) is 14.8 Å². The Balaban J connectivity index is 2.02. The molecule has 2 N–H and O–H groups in total. The van der Waals surface area contributed by atoms with Crippen molar-refractivity contribution in [2.24, 2.45) is 0 Å². The third kappa shape index (κ3) is 4.63. The molecule has 0 saturated carbocycles. The lowest BCUT2D eigenvalue weighted by Gasteiger charge is -2.17. The summed E-state index contributed by atoms with van der Waals surface area (Å²) in [6.07, 6.45) is 0. The number of sulfonamides is 1. The fourth-order valence-electron chi connectivity index (χ4n) is 1.90. The van der Waals surface area contributed by atoms with Crippen molar-refractivity contribution in [3.8, 4) is 0 Å². The summed E-state index contributed by atoms with van der Waals surface area (Å²) < 4.78 is 30.9. The van der Waals surface area contributed by atoms with Gasteiger partial charge in [0, 0.05) is 0 Å². The summed E-state index contributed by atoms with van der Waals surface area (Å²) in [6.45, 7) is -0.486. The third-order valence-electron chi connectivity index (χ3n) is 3.06. The Morgan fingerprint density at radius 3 is 2.46 bits per heavy atom. The first-order chi connectivity index (χ1) is 11.4. The van der Waals surface area contributed by atoms with Crippen molar-refractivity contribution < 1.29 is 22.7 Å². The van der Waals surface area contributed by atoms with Crippen molar-refractivity contribution in [2.45, 2.75) is 10.3 Å². The van der Waals surface area contributed by atoms with Crippen LogP contribution in [0, 0.1) is 0 Å². The van der Waals surface area contributed by atoms with Gasteiger partial charge in [0.2, 0.25) is 5.91 Å². The smallest absolute Gasteiger partial charge is 0.333 e. The van der Waals surface area contributed by atoms with Crippen LogP contribution in [0.25, 0.3) is 0 Å². The van der Waals surface area contributed by atoms with Crippen molar-refractivity contribution >= 4 is 33.2 Å². The van der Waals surface area contributed by atoms with E-state index in [1.165, 1.54) is 13.2 Å². The highest BCUT2D eigenvalue weighted by Gasteiger charge is 2.24. The van der Waals surface area contributed by atoms with E-state index in [4.69, 9.17) is 0 Å². The van der Waals surface area contributed by atoms with Gasteiger partial charge in [-0.15, -0.1) is 11.3 Å². The normalized spacial score (nSPS) is 12.4. The molecule has 1 heterocycles. The van der Waals surface area contributed by atoms with Crippen LogP contribution in [0.4, 0.5) is 0 Å². The van der Waals surface area contributed by atoms with Crippen LogP contribution in [0.3, 0.4) is 0 Å². The molecular weight excluding hydrogens is 352 g/mol. The van der Waals surface area contributed by atoms with Crippen molar-refractivity contribution in [2.75, 3.05) is 13.7 Å². The molecule has 0 bridgehead atoms. The molecule has 0 fully saturated rings. The van der Waals surface area contributed by atoms with E-state index in [0.29, 0.717) is 5.56 Å². The zero-order valence-corrected chi connectivity index (χ0v) is 14.4. The van der Waals surface area contributed by atoms with Crippen LogP contribution in [0.1, 0.15) is 11.6 Å². The van der Waals surface area contributed by atoms with Crippen LogP contribution in [0.2, 0.25) is 0 Å². The van der Waals surface area contributed by atoms with Crippen molar-refractivity contribution in [1.82, 2.24) is 10.0 Å². The van der Waals surface area contributed by atoms with Gasteiger partial charge < -0.3 is 10.1 Å². The van der Waals surface area contributed by atoms with Crippen LogP contribution in [-0.4, -0.2) is 33.9 Å². The molecule has 1 aromatic heterocycles. The number of benzene rings is 1. The van der Waals surface area contributed by atoms with Crippen LogP contribution in [-0.2, 0) is 24.3 Å². The monoisotopic (exact) mass is 368 g/mol. The second-order valence-electron chi connectivity index (χ2n) is 4.69. The van der Waals surface area contributed by atoms with E-state index in [0.717, 1.165) is 11.3 Å². The summed E-state index contributed by atoms with van der Waals surface area (Å²) >= 11 is 1.04. The van der Waals surface area contributed by atoms with Crippen molar-refractivity contribution in [1.29, 1.82) is 0 Å². The van der Waals surface area contributed by atoms with E-state index in [1.807, 2.05) is 0 Å². The molecule has 1 aromatic carbocycles. The molecular formula is C15H16N2O5S2. The van der Waals surface area contributed by atoms with Crippen LogP contribution < -0.4 is 10.0 Å². The molecule has 1 amide bonds. The minimum Gasteiger partial charge on any atom is -0.467 e. The van der Waals surface area contributed by atoms with Gasteiger partial charge >= 0.3 is 5.97 Å². The summed E-state index contributed by atoms with van der Waals surface area (Å²) in [5, 5.41) is 4.09. The number of hydrogen-bond donors (Lipinski definition) is 2. The third-order valence-corrected chi connectivity index (χ3v) is 5.86. The summed E-state index contributed by atoms with van der Waals surface area (Å²) in [7, 11) is -2.53. The van der Waals surface area contributed by atoms with Gasteiger partial charge in [-0.3, -0.25) is 4.79 Å². The molecule has 2 aromatic rings. The average molecular weight is 368 g/mol. The van der Waals surface area contributed by atoms with E-state index < -0.39 is 34.5 Å². The molecule has 0 aliphatic rings. The van der Waals surface area contributed by atoms with Crippen LogP contribution >= 0.6 is 11.3 Å². The molecule has 128 valence electrons. The summed E-state index contributed by atoms with van der Waals surface area (Å²) in [5.74, 6) is -1.29. The average Bonchev–Trinajstić information content (AvgIpc) is 3.13. The minimum absolute atomic E-state index is 0.114. The highest BCUT2D eigenvalue weighted by molar-refractivity contribution is 7.91. The minimum atomic E-state index is -3.75. The molecule has 2 rings (SSSR count). The maximum absolute atomic E-state index is 12.0. The molecule has 1 atom stereocenters. The van der Waals surface area contributed by atoms with Gasteiger partial charge in [0.05, 0.1) is 13.7 Å². The molecule has 0 radical (unpaired) electrons. The van der Waals surface area contributed by atoms with Gasteiger partial charge in [-0.05, 0) is 17.0 Å². The number of esters is 1. The van der Waals surface area contributed by atoms with Crippen LogP contribution in [0.5, 0.6) is 0 Å². The molecule has 0 aliphatic carbocycles. The van der Waals surface area contributed by atoms with Crippen molar-refractivity contribution in [3.63, 3.8) is 0 Å². The first kappa shape index (κ1) is 18.1. The zero-order chi connectivity index (χ0) is 17.6. The Kier molecular flexibility index (Phi) is 6.07. The Labute approximate surface area is 143 Å². The number of hydrogen-bond acceptors (Lipinski definition) is 6. The molecule has 24 heavy (non-hydrogen) atoms.